The summed E-state index contributed by atoms with van der Waals surface area (Å²) in [5, 5.41) is 7.43. The van der Waals surface area contributed by atoms with Gasteiger partial charge in [-0.15, -0.1) is 0 Å². The first-order valence-corrected chi connectivity index (χ1v) is 5.65. The number of unbranched alkanes of at least 4 members (excludes halogenated alkanes) is 1. The number of nitrogens with two attached hydrogens (primary N) is 1. The third-order valence-electron chi connectivity index (χ3n) is 2.38. The number of aryl methyl sites for hydroxylation is 1. The minimum atomic E-state index is -0.213. The molecule has 0 bridgehead atoms. The Labute approximate surface area is 96.0 Å². The van der Waals surface area contributed by atoms with Crippen molar-refractivity contribution in [1.82, 2.24) is 15.1 Å². The van der Waals surface area contributed by atoms with E-state index >= 15 is 0 Å². The molecule has 0 spiro atoms. The van der Waals surface area contributed by atoms with E-state index in [9.17, 15) is 4.79 Å². The number of carbonyl (C=O) groups excluding carboxylic acids is 1. The van der Waals surface area contributed by atoms with Crippen LogP contribution in [0.15, 0.2) is 12.4 Å². The number of nitrogens with one attached hydrogen (secondary N) is 1. The number of carbonyl (C=O) groups is 1. The molecule has 0 fully saturated rings. The number of nitrogens with zero attached hydrogens (tertiary/aromatic N) is 2. The van der Waals surface area contributed by atoms with Gasteiger partial charge in [0.25, 0.3) is 0 Å². The Morgan fingerprint density at radius 2 is 2.31 bits per heavy atom. The molecule has 0 aliphatic rings. The molecule has 0 aromatic carbocycles. The van der Waals surface area contributed by atoms with Crippen LogP contribution in [0.1, 0.15) is 24.8 Å². The van der Waals surface area contributed by atoms with E-state index in [4.69, 9.17) is 5.73 Å². The van der Waals surface area contributed by atoms with Gasteiger partial charge in [0.1, 0.15) is 0 Å². The van der Waals surface area contributed by atoms with Crippen LogP contribution in [0.2, 0.25) is 0 Å². The molecule has 5 nitrogen and oxygen atoms in total. The second-order valence-electron chi connectivity index (χ2n) is 3.95. The maximum Gasteiger partial charge on any atom is 0.217 e. The van der Waals surface area contributed by atoms with Gasteiger partial charge in [0.2, 0.25) is 5.91 Å². The monoisotopic (exact) mass is 224 g/mol. The zero-order valence-electron chi connectivity index (χ0n) is 9.78. The zero-order valence-corrected chi connectivity index (χ0v) is 9.78. The van der Waals surface area contributed by atoms with Gasteiger partial charge in [0.15, 0.2) is 0 Å². The molecule has 0 saturated carbocycles. The van der Waals surface area contributed by atoms with Crippen molar-refractivity contribution in [2.24, 2.45) is 12.8 Å². The van der Waals surface area contributed by atoms with E-state index in [0.717, 1.165) is 32.4 Å². The predicted molar refractivity (Wildman–Crippen MR) is 62.8 cm³/mol. The van der Waals surface area contributed by atoms with Crippen molar-refractivity contribution in [2.75, 3.05) is 13.1 Å². The van der Waals surface area contributed by atoms with Gasteiger partial charge in [-0.25, -0.2) is 0 Å². The standard InChI is InChI=1S/C11H20N4O/c1-15-9-10(8-14-15)5-7-13-6-3-2-4-11(12)16/h8-9,13H,2-7H2,1H3,(H2,12,16). The average Bonchev–Trinajstić information content (AvgIpc) is 2.62. The lowest BCUT2D eigenvalue weighted by molar-refractivity contribution is -0.118. The molecular formula is C11H20N4O. The molecule has 5 heteroatoms. The number of hydrogen-bond donors (Lipinski definition) is 2. The number of aromatic nitrogens is 2. The van der Waals surface area contributed by atoms with Crippen LogP contribution in [0, 0.1) is 0 Å². The Balaban J connectivity index is 1.94. The van der Waals surface area contributed by atoms with Crippen molar-refractivity contribution in [2.45, 2.75) is 25.7 Å². The molecule has 1 rings (SSSR count). The van der Waals surface area contributed by atoms with Crippen LogP contribution in [0.25, 0.3) is 0 Å². The van der Waals surface area contributed by atoms with Gasteiger partial charge in [0, 0.05) is 19.7 Å². The fraction of sp³-hybridized carbons (Fsp3) is 0.636. The van der Waals surface area contributed by atoms with E-state index in [1.807, 2.05) is 24.1 Å². The molecule has 3 N–H and O–H groups in total. The molecule has 0 saturated heterocycles. The molecule has 1 aromatic rings. The molecule has 0 aliphatic carbocycles. The first-order chi connectivity index (χ1) is 7.68. The average molecular weight is 224 g/mol. The van der Waals surface area contributed by atoms with Crippen LogP contribution in [0.4, 0.5) is 0 Å². The van der Waals surface area contributed by atoms with E-state index in [1.54, 1.807) is 0 Å². The van der Waals surface area contributed by atoms with Gasteiger partial charge < -0.3 is 11.1 Å². The molecule has 0 radical (unpaired) electrons. The van der Waals surface area contributed by atoms with E-state index in [-0.39, 0.29) is 5.91 Å². The SMILES string of the molecule is Cn1cc(CCNCCCCC(N)=O)cn1. The van der Waals surface area contributed by atoms with E-state index in [0.29, 0.717) is 6.42 Å². The highest BCUT2D eigenvalue weighted by Gasteiger charge is 1.96. The molecule has 0 aliphatic heterocycles. The van der Waals surface area contributed by atoms with Crippen molar-refractivity contribution >= 4 is 5.91 Å². The first-order valence-electron chi connectivity index (χ1n) is 5.65. The number of primary amides is 1. The number of amides is 1. The lowest BCUT2D eigenvalue weighted by atomic mass is 10.2. The van der Waals surface area contributed by atoms with Crippen molar-refractivity contribution < 1.29 is 4.79 Å². The Morgan fingerprint density at radius 3 is 2.94 bits per heavy atom. The molecule has 90 valence electrons. The summed E-state index contributed by atoms with van der Waals surface area (Å²) in [6, 6.07) is 0. The molecule has 0 atom stereocenters. The molecule has 0 unspecified atom stereocenters. The summed E-state index contributed by atoms with van der Waals surface area (Å²) in [6.07, 6.45) is 7.25. The van der Waals surface area contributed by atoms with Crippen LogP contribution in [0.5, 0.6) is 0 Å². The molecular weight excluding hydrogens is 204 g/mol. The summed E-state index contributed by atoms with van der Waals surface area (Å²) >= 11 is 0. The Bertz CT molecular complexity index is 322. The molecule has 1 heterocycles. The second-order valence-corrected chi connectivity index (χ2v) is 3.95. The highest BCUT2D eigenvalue weighted by atomic mass is 16.1. The summed E-state index contributed by atoms with van der Waals surface area (Å²) in [5.74, 6) is -0.213. The van der Waals surface area contributed by atoms with E-state index in [2.05, 4.69) is 10.4 Å². The second kappa shape index (κ2) is 7.00. The van der Waals surface area contributed by atoms with Crippen molar-refractivity contribution in [3.05, 3.63) is 18.0 Å². The van der Waals surface area contributed by atoms with Crippen LogP contribution in [-0.4, -0.2) is 28.8 Å². The van der Waals surface area contributed by atoms with Crippen molar-refractivity contribution in [3.8, 4) is 0 Å². The fourth-order valence-corrected chi connectivity index (χ4v) is 1.51. The number of rotatable bonds is 8. The quantitative estimate of drug-likeness (QED) is 0.620. The first kappa shape index (κ1) is 12.7. The lowest BCUT2D eigenvalue weighted by Crippen LogP contribution is -2.19. The van der Waals surface area contributed by atoms with Gasteiger partial charge in [0.05, 0.1) is 6.20 Å². The maximum atomic E-state index is 10.5. The fourth-order valence-electron chi connectivity index (χ4n) is 1.51. The van der Waals surface area contributed by atoms with Gasteiger partial charge in [-0.2, -0.15) is 5.10 Å². The normalized spacial score (nSPS) is 10.6. The van der Waals surface area contributed by atoms with Gasteiger partial charge in [-0.3, -0.25) is 9.48 Å². The third kappa shape index (κ3) is 5.50. The summed E-state index contributed by atoms with van der Waals surface area (Å²) < 4.78 is 1.81. The van der Waals surface area contributed by atoms with E-state index < -0.39 is 0 Å². The molecule has 16 heavy (non-hydrogen) atoms. The molecule has 1 aromatic heterocycles. The van der Waals surface area contributed by atoms with Crippen molar-refractivity contribution in [3.63, 3.8) is 0 Å². The minimum absolute atomic E-state index is 0.213. The summed E-state index contributed by atoms with van der Waals surface area (Å²) in [4.78, 5) is 10.5. The van der Waals surface area contributed by atoms with Crippen LogP contribution in [-0.2, 0) is 18.3 Å². The topological polar surface area (TPSA) is 72.9 Å². The molecule has 1 amide bonds. The Morgan fingerprint density at radius 1 is 1.50 bits per heavy atom. The van der Waals surface area contributed by atoms with Crippen LogP contribution < -0.4 is 11.1 Å². The minimum Gasteiger partial charge on any atom is -0.370 e. The maximum absolute atomic E-state index is 10.5. The van der Waals surface area contributed by atoms with E-state index in [1.165, 1.54) is 5.56 Å². The van der Waals surface area contributed by atoms with Gasteiger partial charge >= 0.3 is 0 Å². The van der Waals surface area contributed by atoms with Crippen LogP contribution in [0.3, 0.4) is 0 Å². The lowest BCUT2D eigenvalue weighted by Gasteiger charge is -2.02. The predicted octanol–water partition coefficient (Wildman–Crippen LogP) is 0.208. The van der Waals surface area contributed by atoms with Gasteiger partial charge in [-0.1, -0.05) is 0 Å². The largest absolute Gasteiger partial charge is 0.370 e. The Hall–Kier alpha value is -1.36. The highest BCUT2D eigenvalue weighted by molar-refractivity contribution is 5.73. The summed E-state index contributed by atoms with van der Waals surface area (Å²) in [6.45, 7) is 1.88. The van der Waals surface area contributed by atoms with Gasteiger partial charge in [-0.05, 0) is 37.9 Å². The Kier molecular flexibility index (Phi) is 5.56. The summed E-state index contributed by atoms with van der Waals surface area (Å²) in [7, 11) is 1.92. The highest BCUT2D eigenvalue weighted by Crippen LogP contribution is 1.96. The smallest absolute Gasteiger partial charge is 0.217 e. The summed E-state index contributed by atoms with van der Waals surface area (Å²) in [5.41, 5.74) is 6.29. The third-order valence-corrected chi connectivity index (χ3v) is 2.38. The zero-order chi connectivity index (χ0) is 11.8. The van der Waals surface area contributed by atoms with Crippen molar-refractivity contribution in [1.29, 1.82) is 0 Å². The van der Waals surface area contributed by atoms with Crippen LogP contribution >= 0.6 is 0 Å². The number of hydrogen-bond acceptors (Lipinski definition) is 3.